The van der Waals surface area contributed by atoms with E-state index in [0.29, 0.717) is 12.0 Å². The lowest BCUT2D eigenvalue weighted by Gasteiger charge is -2.20. The first kappa shape index (κ1) is 12.7. The fourth-order valence-electron chi connectivity index (χ4n) is 2.79. The number of rotatable bonds is 3. The Kier molecular flexibility index (Phi) is 3.33. The molecule has 3 rings (SSSR count). The Hall–Kier alpha value is -1.33. The number of aromatic nitrogens is 2. The Morgan fingerprint density at radius 1 is 1.53 bits per heavy atom. The summed E-state index contributed by atoms with van der Waals surface area (Å²) in [6.07, 6.45) is 1.10. The molecule has 1 fully saturated rings. The Bertz CT molecular complexity index is 640. The molecule has 1 N–H and O–H groups in total. The van der Waals surface area contributed by atoms with E-state index < -0.39 is 0 Å². The average molecular weight is 278 g/mol. The molecule has 0 spiro atoms. The van der Waals surface area contributed by atoms with Crippen molar-refractivity contribution in [3.8, 4) is 5.75 Å². The average Bonchev–Trinajstić information content (AvgIpc) is 3.03. The number of nitrogens with one attached hydrogen (secondary N) is 1. The van der Waals surface area contributed by atoms with Gasteiger partial charge in [0.15, 0.2) is 4.77 Å². The molecule has 2 aromatic rings. The van der Waals surface area contributed by atoms with Crippen molar-refractivity contribution in [3.05, 3.63) is 23.0 Å². The van der Waals surface area contributed by atoms with Crippen molar-refractivity contribution in [2.45, 2.75) is 19.4 Å². The molecule has 1 saturated heterocycles. The minimum absolute atomic E-state index is 0.345. The molecule has 1 aromatic heterocycles. The van der Waals surface area contributed by atoms with Gasteiger partial charge in [-0.2, -0.15) is 0 Å². The molecule has 0 saturated carbocycles. The van der Waals surface area contributed by atoms with E-state index in [9.17, 15) is 0 Å². The van der Waals surface area contributed by atoms with Crippen molar-refractivity contribution >= 4 is 23.3 Å². The third kappa shape index (κ3) is 2.17. The van der Waals surface area contributed by atoms with E-state index in [-0.39, 0.29) is 0 Å². The predicted octanol–water partition coefficient (Wildman–Crippen LogP) is 3.30. The van der Waals surface area contributed by atoms with E-state index in [1.807, 2.05) is 12.1 Å². The second-order valence-electron chi connectivity index (χ2n) is 5.05. The highest BCUT2D eigenvalue weighted by atomic mass is 32.1. The third-order valence-electron chi connectivity index (χ3n) is 3.98. The largest absolute Gasteiger partial charge is 0.497 e. The minimum atomic E-state index is 0.345. The van der Waals surface area contributed by atoms with Gasteiger partial charge in [0.05, 0.1) is 24.8 Å². The van der Waals surface area contributed by atoms with E-state index in [1.54, 1.807) is 7.11 Å². The predicted molar refractivity (Wildman–Crippen MR) is 77.3 cm³/mol. The zero-order valence-corrected chi connectivity index (χ0v) is 12.0. The van der Waals surface area contributed by atoms with Gasteiger partial charge in [-0.1, -0.05) is 0 Å². The van der Waals surface area contributed by atoms with E-state index in [4.69, 9.17) is 21.7 Å². The van der Waals surface area contributed by atoms with Crippen LogP contribution < -0.4 is 4.74 Å². The second kappa shape index (κ2) is 4.98. The van der Waals surface area contributed by atoms with Gasteiger partial charge in [-0.05, 0) is 37.7 Å². The topological polar surface area (TPSA) is 39.2 Å². The van der Waals surface area contributed by atoms with E-state index in [0.717, 1.165) is 41.2 Å². The number of aromatic amines is 1. The van der Waals surface area contributed by atoms with Crippen molar-refractivity contribution in [3.63, 3.8) is 0 Å². The van der Waals surface area contributed by atoms with Crippen molar-refractivity contribution in [1.29, 1.82) is 0 Å². The van der Waals surface area contributed by atoms with Gasteiger partial charge in [-0.15, -0.1) is 0 Å². The standard InChI is InChI=1S/C14H18N2O2S/c1-9(10-5-6-18-8-10)16-13-4-3-11(17-2)7-12(13)15-14(16)19/h3-4,7,9-10H,5-6,8H2,1-2H3,(H,15,19). The summed E-state index contributed by atoms with van der Waals surface area (Å²) in [7, 11) is 1.67. The zero-order valence-electron chi connectivity index (χ0n) is 11.2. The molecule has 1 aliphatic heterocycles. The summed E-state index contributed by atoms with van der Waals surface area (Å²) >= 11 is 5.47. The molecule has 2 atom stereocenters. The highest BCUT2D eigenvalue weighted by Gasteiger charge is 2.25. The van der Waals surface area contributed by atoms with Gasteiger partial charge in [0, 0.05) is 24.6 Å². The first-order valence-electron chi connectivity index (χ1n) is 6.56. The summed E-state index contributed by atoms with van der Waals surface area (Å²) in [6.45, 7) is 3.90. The van der Waals surface area contributed by atoms with Crippen LogP contribution in [-0.4, -0.2) is 29.9 Å². The van der Waals surface area contributed by atoms with Crippen molar-refractivity contribution < 1.29 is 9.47 Å². The van der Waals surface area contributed by atoms with Crippen LogP contribution in [0, 0.1) is 10.7 Å². The van der Waals surface area contributed by atoms with Gasteiger partial charge >= 0.3 is 0 Å². The second-order valence-corrected chi connectivity index (χ2v) is 5.43. The summed E-state index contributed by atoms with van der Waals surface area (Å²) in [5.41, 5.74) is 2.15. The van der Waals surface area contributed by atoms with Crippen LogP contribution in [0.4, 0.5) is 0 Å². The van der Waals surface area contributed by atoms with Crippen LogP contribution >= 0.6 is 12.2 Å². The first-order valence-corrected chi connectivity index (χ1v) is 6.97. The maximum absolute atomic E-state index is 5.49. The molecule has 19 heavy (non-hydrogen) atoms. The number of benzene rings is 1. The highest BCUT2D eigenvalue weighted by molar-refractivity contribution is 7.71. The molecule has 102 valence electrons. The van der Waals surface area contributed by atoms with Crippen LogP contribution in [0.3, 0.4) is 0 Å². The smallest absolute Gasteiger partial charge is 0.178 e. The van der Waals surface area contributed by atoms with Crippen LogP contribution in [0.25, 0.3) is 11.0 Å². The molecule has 0 radical (unpaired) electrons. The maximum atomic E-state index is 5.49. The Morgan fingerprint density at radius 2 is 2.37 bits per heavy atom. The molecular formula is C14H18N2O2S. The van der Waals surface area contributed by atoms with Crippen LogP contribution in [0.1, 0.15) is 19.4 Å². The third-order valence-corrected chi connectivity index (χ3v) is 4.28. The minimum Gasteiger partial charge on any atom is -0.497 e. The quantitative estimate of drug-likeness (QED) is 0.876. The molecule has 5 heteroatoms. The number of H-pyrrole nitrogens is 1. The fraction of sp³-hybridized carbons (Fsp3) is 0.500. The molecule has 1 aromatic carbocycles. The number of hydrogen-bond acceptors (Lipinski definition) is 3. The Balaban J connectivity index is 2.07. The van der Waals surface area contributed by atoms with Gasteiger partial charge in [0.25, 0.3) is 0 Å². The van der Waals surface area contributed by atoms with Crippen molar-refractivity contribution in [2.24, 2.45) is 5.92 Å². The number of imidazole rings is 1. The Labute approximate surface area is 117 Å². The van der Waals surface area contributed by atoms with E-state index >= 15 is 0 Å². The molecule has 0 amide bonds. The van der Waals surface area contributed by atoms with Gasteiger partial charge < -0.3 is 19.0 Å². The summed E-state index contributed by atoms with van der Waals surface area (Å²) in [4.78, 5) is 3.26. The summed E-state index contributed by atoms with van der Waals surface area (Å²) in [5, 5.41) is 0. The molecule has 0 bridgehead atoms. The number of hydrogen-bond donors (Lipinski definition) is 1. The normalized spacial score (nSPS) is 20.8. The summed E-state index contributed by atoms with van der Waals surface area (Å²) in [5.74, 6) is 1.38. The number of fused-ring (bicyclic) bond motifs is 1. The number of nitrogens with zero attached hydrogens (tertiary/aromatic N) is 1. The number of ether oxygens (including phenoxy) is 2. The van der Waals surface area contributed by atoms with Crippen LogP contribution in [-0.2, 0) is 4.74 Å². The maximum Gasteiger partial charge on any atom is 0.178 e. The lowest BCUT2D eigenvalue weighted by Crippen LogP contribution is -2.16. The molecule has 0 aliphatic carbocycles. The van der Waals surface area contributed by atoms with Gasteiger partial charge in [0.2, 0.25) is 0 Å². The molecular weight excluding hydrogens is 260 g/mol. The first-order chi connectivity index (χ1) is 9.20. The van der Waals surface area contributed by atoms with Crippen molar-refractivity contribution in [1.82, 2.24) is 9.55 Å². The van der Waals surface area contributed by atoms with E-state index in [2.05, 4.69) is 22.5 Å². The molecule has 1 aliphatic rings. The van der Waals surface area contributed by atoms with Gasteiger partial charge in [0.1, 0.15) is 5.75 Å². The fourth-order valence-corrected chi connectivity index (χ4v) is 3.16. The highest BCUT2D eigenvalue weighted by Crippen LogP contribution is 2.30. The lowest BCUT2D eigenvalue weighted by atomic mass is 10.0. The van der Waals surface area contributed by atoms with Crippen LogP contribution in [0.5, 0.6) is 5.75 Å². The van der Waals surface area contributed by atoms with Gasteiger partial charge in [-0.3, -0.25) is 0 Å². The van der Waals surface area contributed by atoms with E-state index in [1.165, 1.54) is 0 Å². The van der Waals surface area contributed by atoms with Gasteiger partial charge in [-0.25, -0.2) is 0 Å². The van der Waals surface area contributed by atoms with Crippen molar-refractivity contribution in [2.75, 3.05) is 20.3 Å². The molecule has 2 unspecified atom stereocenters. The molecule has 4 nitrogen and oxygen atoms in total. The SMILES string of the molecule is COc1ccc2c(c1)[nH]c(=S)n2C(C)C1CCOC1. The lowest BCUT2D eigenvalue weighted by molar-refractivity contribution is 0.175. The monoisotopic (exact) mass is 278 g/mol. The number of methoxy groups -OCH3 is 1. The zero-order chi connectivity index (χ0) is 13.4. The van der Waals surface area contributed by atoms with Crippen LogP contribution in [0.2, 0.25) is 0 Å². The van der Waals surface area contributed by atoms with Crippen LogP contribution in [0.15, 0.2) is 18.2 Å². The molecule has 2 heterocycles. The Morgan fingerprint density at radius 3 is 3.05 bits per heavy atom. The summed E-state index contributed by atoms with van der Waals surface area (Å²) in [6, 6.07) is 6.36. The summed E-state index contributed by atoms with van der Waals surface area (Å²) < 4.78 is 13.7.